The lowest BCUT2D eigenvalue weighted by Crippen LogP contribution is -2.45. The fourth-order valence-corrected chi connectivity index (χ4v) is 2.44. The number of nitrogens with zero attached hydrogens (tertiary/aromatic N) is 1. The number of halogens is 1. The number of aliphatic hydroxyl groups excluding tert-OH is 1. The quantitative estimate of drug-likeness (QED) is 0.866. The minimum Gasteiger partial charge on any atom is -0.391 e. The van der Waals surface area contributed by atoms with Gasteiger partial charge in [-0.05, 0) is 43.0 Å². The molecule has 1 saturated heterocycles. The Morgan fingerprint density at radius 2 is 2.22 bits per heavy atom. The summed E-state index contributed by atoms with van der Waals surface area (Å²) >= 11 is 3.43. The van der Waals surface area contributed by atoms with Gasteiger partial charge in [-0.2, -0.15) is 0 Å². The number of hydrogen-bond acceptors (Lipinski definition) is 2. The maximum Gasteiger partial charge on any atom is 0.253 e. The van der Waals surface area contributed by atoms with Crippen LogP contribution >= 0.6 is 15.9 Å². The van der Waals surface area contributed by atoms with E-state index in [1.165, 1.54) is 0 Å². The molecule has 1 heterocycles. The Bertz CT molecular complexity index is 461. The molecule has 0 radical (unpaired) electrons. The first kappa shape index (κ1) is 13.6. The van der Waals surface area contributed by atoms with Gasteiger partial charge in [-0.25, -0.2) is 0 Å². The molecule has 1 aromatic rings. The second-order valence-electron chi connectivity index (χ2n) is 5.05. The predicted octanol–water partition coefficient (Wildman–Crippen LogP) is 2.60. The third-order valence-electron chi connectivity index (χ3n) is 3.61. The lowest BCUT2D eigenvalue weighted by atomic mass is 9.95. The molecule has 4 heteroatoms. The fraction of sp³-hybridized carbons (Fsp3) is 0.500. The summed E-state index contributed by atoms with van der Waals surface area (Å²) in [6.45, 7) is 5.16. The SMILES string of the molecule is Cc1cc(C(=O)N2CCC(C)C(O)C2)ccc1Br. The van der Waals surface area contributed by atoms with Crippen LogP contribution in [0.2, 0.25) is 0 Å². The van der Waals surface area contributed by atoms with Gasteiger partial charge in [0.05, 0.1) is 6.10 Å². The summed E-state index contributed by atoms with van der Waals surface area (Å²) < 4.78 is 1.01. The summed E-state index contributed by atoms with van der Waals surface area (Å²) in [7, 11) is 0. The number of piperidine rings is 1. The van der Waals surface area contributed by atoms with Crippen molar-refractivity contribution in [1.82, 2.24) is 4.90 Å². The fourth-order valence-electron chi connectivity index (χ4n) is 2.19. The number of carbonyl (C=O) groups is 1. The molecule has 3 nitrogen and oxygen atoms in total. The summed E-state index contributed by atoms with van der Waals surface area (Å²) in [5, 5.41) is 9.84. The number of likely N-dealkylation sites (tertiary alicyclic amines) is 1. The Kier molecular flexibility index (Phi) is 4.07. The van der Waals surface area contributed by atoms with E-state index in [9.17, 15) is 9.90 Å². The van der Waals surface area contributed by atoms with E-state index in [2.05, 4.69) is 15.9 Å². The maximum absolute atomic E-state index is 12.3. The van der Waals surface area contributed by atoms with Crippen molar-refractivity contribution >= 4 is 21.8 Å². The van der Waals surface area contributed by atoms with Crippen molar-refractivity contribution < 1.29 is 9.90 Å². The minimum atomic E-state index is -0.403. The van der Waals surface area contributed by atoms with Crippen LogP contribution in [0.25, 0.3) is 0 Å². The maximum atomic E-state index is 12.3. The van der Waals surface area contributed by atoms with Gasteiger partial charge in [-0.15, -0.1) is 0 Å². The zero-order chi connectivity index (χ0) is 13.3. The molecular formula is C14H18BrNO2. The van der Waals surface area contributed by atoms with Crippen molar-refractivity contribution in [2.75, 3.05) is 13.1 Å². The Morgan fingerprint density at radius 1 is 1.50 bits per heavy atom. The summed E-state index contributed by atoms with van der Waals surface area (Å²) in [5.41, 5.74) is 1.74. The summed E-state index contributed by atoms with van der Waals surface area (Å²) in [6.07, 6.45) is 0.460. The minimum absolute atomic E-state index is 0.0107. The van der Waals surface area contributed by atoms with Crippen LogP contribution < -0.4 is 0 Å². The summed E-state index contributed by atoms with van der Waals surface area (Å²) in [6, 6.07) is 5.60. The normalized spacial score (nSPS) is 24.1. The summed E-state index contributed by atoms with van der Waals surface area (Å²) in [5.74, 6) is 0.289. The molecule has 1 amide bonds. The van der Waals surface area contributed by atoms with E-state index < -0.39 is 6.10 Å². The number of aliphatic hydroxyl groups is 1. The molecule has 2 rings (SSSR count). The average molecular weight is 312 g/mol. The van der Waals surface area contributed by atoms with Crippen LogP contribution in [-0.4, -0.2) is 35.1 Å². The van der Waals surface area contributed by atoms with Gasteiger partial charge < -0.3 is 10.0 Å². The van der Waals surface area contributed by atoms with E-state index in [4.69, 9.17) is 0 Å². The lowest BCUT2D eigenvalue weighted by molar-refractivity contribution is 0.0248. The van der Waals surface area contributed by atoms with Gasteiger partial charge in [-0.1, -0.05) is 22.9 Å². The number of carbonyl (C=O) groups excluding carboxylic acids is 1. The zero-order valence-electron chi connectivity index (χ0n) is 10.7. The molecule has 0 aromatic heterocycles. The van der Waals surface area contributed by atoms with Crippen LogP contribution in [0.5, 0.6) is 0 Å². The number of aryl methyl sites for hydroxylation is 1. The number of rotatable bonds is 1. The highest BCUT2D eigenvalue weighted by atomic mass is 79.9. The molecule has 0 saturated carbocycles. The molecule has 1 aliphatic heterocycles. The van der Waals surface area contributed by atoms with Crippen LogP contribution in [0.15, 0.2) is 22.7 Å². The molecule has 2 unspecified atom stereocenters. The molecule has 18 heavy (non-hydrogen) atoms. The monoisotopic (exact) mass is 311 g/mol. The topological polar surface area (TPSA) is 40.5 Å². The van der Waals surface area contributed by atoms with E-state index >= 15 is 0 Å². The molecule has 1 aromatic carbocycles. The van der Waals surface area contributed by atoms with Crippen molar-refractivity contribution in [3.63, 3.8) is 0 Å². The van der Waals surface area contributed by atoms with Crippen molar-refractivity contribution in [3.8, 4) is 0 Å². The van der Waals surface area contributed by atoms with Crippen molar-refractivity contribution in [2.45, 2.75) is 26.4 Å². The van der Waals surface area contributed by atoms with Gasteiger partial charge in [0.2, 0.25) is 0 Å². The van der Waals surface area contributed by atoms with E-state index in [1.807, 2.05) is 32.0 Å². The van der Waals surface area contributed by atoms with E-state index in [-0.39, 0.29) is 11.8 Å². The smallest absolute Gasteiger partial charge is 0.253 e. The van der Waals surface area contributed by atoms with E-state index in [1.54, 1.807) is 4.90 Å². The van der Waals surface area contributed by atoms with Crippen LogP contribution in [0.4, 0.5) is 0 Å². The molecule has 0 bridgehead atoms. The van der Waals surface area contributed by atoms with Crippen LogP contribution in [0, 0.1) is 12.8 Å². The van der Waals surface area contributed by atoms with Gasteiger partial charge in [0.1, 0.15) is 0 Å². The molecule has 1 N–H and O–H groups in total. The predicted molar refractivity (Wildman–Crippen MR) is 74.6 cm³/mol. The Balaban J connectivity index is 2.14. The Labute approximate surface area is 116 Å². The van der Waals surface area contributed by atoms with Gasteiger partial charge in [0, 0.05) is 23.1 Å². The van der Waals surface area contributed by atoms with Crippen molar-refractivity contribution in [3.05, 3.63) is 33.8 Å². The first-order valence-corrected chi connectivity index (χ1v) is 7.02. The largest absolute Gasteiger partial charge is 0.391 e. The second kappa shape index (κ2) is 5.41. The second-order valence-corrected chi connectivity index (χ2v) is 5.90. The molecule has 0 spiro atoms. The number of benzene rings is 1. The van der Waals surface area contributed by atoms with Crippen molar-refractivity contribution in [2.24, 2.45) is 5.92 Å². The molecule has 98 valence electrons. The number of amides is 1. The van der Waals surface area contributed by atoms with Gasteiger partial charge in [0.15, 0.2) is 0 Å². The van der Waals surface area contributed by atoms with Gasteiger partial charge in [-0.3, -0.25) is 4.79 Å². The first-order valence-electron chi connectivity index (χ1n) is 6.22. The number of β-amino-alcohol motifs (C(OH)–C–C–N with tert-alkyl or cyclic N) is 1. The highest BCUT2D eigenvalue weighted by Gasteiger charge is 2.27. The molecule has 1 fully saturated rings. The van der Waals surface area contributed by atoms with Crippen LogP contribution in [-0.2, 0) is 0 Å². The van der Waals surface area contributed by atoms with E-state index in [0.717, 1.165) is 23.0 Å². The van der Waals surface area contributed by atoms with Crippen LogP contribution in [0.3, 0.4) is 0 Å². The molecule has 0 aliphatic carbocycles. The standard InChI is InChI=1S/C14H18BrNO2/c1-9-5-6-16(8-13(9)17)14(18)11-3-4-12(15)10(2)7-11/h3-4,7,9,13,17H,5-6,8H2,1-2H3. The number of hydrogen-bond donors (Lipinski definition) is 1. The molecule has 2 atom stereocenters. The third-order valence-corrected chi connectivity index (χ3v) is 4.50. The lowest BCUT2D eigenvalue weighted by Gasteiger charge is -2.34. The summed E-state index contributed by atoms with van der Waals surface area (Å²) in [4.78, 5) is 14.1. The van der Waals surface area contributed by atoms with E-state index in [0.29, 0.717) is 12.1 Å². The van der Waals surface area contributed by atoms with Gasteiger partial charge >= 0.3 is 0 Å². The Hall–Kier alpha value is -0.870. The Morgan fingerprint density at radius 3 is 2.83 bits per heavy atom. The zero-order valence-corrected chi connectivity index (χ0v) is 12.3. The highest BCUT2D eigenvalue weighted by molar-refractivity contribution is 9.10. The van der Waals surface area contributed by atoms with Gasteiger partial charge in [0.25, 0.3) is 5.91 Å². The average Bonchev–Trinajstić information content (AvgIpc) is 2.35. The van der Waals surface area contributed by atoms with Crippen molar-refractivity contribution in [1.29, 1.82) is 0 Å². The van der Waals surface area contributed by atoms with Crippen LogP contribution in [0.1, 0.15) is 29.3 Å². The first-order chi connectivity index (χ1) is 8.49. The highest BCUT2D eigenvalue weighted by Crippen LogP contribution is 2.21. The molecule has 1 aliphatic rings. The third kappa shape index (κ3) is 2.75. The molecular weight excluding hydrogens is 294 g/mol.